The van der Waals surface area contributed by atoms with Crippen LogP contribution in [0.15, 0.2) is 6.20 Å². The number of alkyl halides is 2. The minimum absolute atomic E-state index is 0.110. The van der Waals surface area contributed by atoms with Gasteiger partial charge in [0, 0.05) is 17.3 Å². The summed E-state index contributed by atoms with van der Waals surface area (Å²) in [6, 6.07) is 0. The summed E-state index contributed by atoms with van der Waals surface area (Å²) >= 11 is 0. The summed E-state index contributed by atoms with van der Waals surface area (Å²) in [5.74, 6) is -2.23. The maximum atomic E-state index is 13.3. The highest BCUT2D eigenvalue weighted by atomic mass is 19.3. The van der Waals surface area contributed by atoms with Crippen LogP contribution in [0, 0.1) is 5.95 Å². The molecular weight excluding hydrogens is 251 g/mol. The molecule has 0 aliphatic carbocycles. The molecule has 0 fully saturated rings. The van der Waals surface area contributed by atoms with Gasteiger partial charge in [-0.05, 0) is 6.92 Å². The average molecular weight is 263 g/mol. The first-order valence-electron chi connectivity index (χ1n) is 5.16. The zero-order valence-corrected chi connectivity index (χ0v) is 9.87. The number of pyridine rings is 1. The Morgan fingerprint density at radius 2 is 2.17 bits per heavy atom. The van der Waals surface area contributed by atoms with Crippen LogP contribution in [-0.2, 0) is 16.0 Å². The Morgan fingerprint density at radius 1 is 1.50 bits per heavy atom. The number of carbonyl (C=O) groups is 1. The van der Waals surface area contributed by atoms with Crippen molar-refractivity contribution in [3.8, 4) is 5.75 Å². The van der Waals surface area contributed by atoms with E-state index >= 15 is 0 Å². The highest BCUT2D eigenvalue weighted by Gasteiger charge is 2.23. The van der Waals surface area contributed by atoms with Crippen molar-refractivity contribution in [2.45, 2.75) is 19.8 Å². The van der Waals surface area contributed by atoms with Crippen LogP contribution >= 0.6 is 0 Å². The number of nitrogens with zero attached hydrogens (tertiary/aromatic N) is 1. The molecule has 0 aliphatic heterocycles. The second-order valence-corrected chi connectivity index (χ2v) is 3.30. The molecule has 18 heavy (non-hydrogen) atoms. The molecule has 0 N–H and O–H groups in total. The maximum absolute atomic E-state index is 13.3. The molecule has 0 amide bonds. The van der Waals surface area contributed by atoms with Crippen molar-refractivity contribution in [3.05, 3.63) is 23.3 Å². The van der Waals surface area contributed by atoms with Crippen molar-refractivity contribution < 1.29 is 27.4 Å². The quantitative estimate of drug-likeness (QED) is 0.604. The molecule has 0 aliphatic rings. The minimum Gasteiger partial charge on any atom is -0.492 e. The van der Waals surface area contributed by atoms with Crippen LogP contribution in [0.5, 0.6) is 5.75 Å². The Balaban J connectivity index is 3.19. The number of carbonyl (C=O) groups excluding carboxylic acids is 1. The van der Waals surface area contributed by atoms with E-state index in [-0.39, 0.29) is 12.2 Å². The number of hydrogen-bond donors (Lipinski definition) is 0. The molecule has 0 saturated heterocycles. The largest absolute Gasteiger partial charge is 0.492 e. The van der Waals surface area contributed by atoms with Crippen LogP contribution in [0.1, 0.15) is 24.5 Å². The van der Waals surface area contributed by atoms with E-state index in [0.29, 0.717) is 6.20 Å². The highest BCUT2D eigenvalue weighted by Crippen LogP contribution is 2.31. The molecule has 7 heteroatoms. The van der Waals surface area contributed by atoms with Crippen LogP contribution in [-0.4, -0.2) is 24.7 Å². The predicted molar refractivity (Wildman–Crippen MR) is 56.0 cm³/mol. The lowest BCUT2D eigenvalue weighted by molar-refractivity contribution is -0.142. The predicted octanol–water partition coefficient (Wildman–Crippen LogP) is 2.27. The summed E-state index contributed by atoms with van der Waals surface area (Å²) in [5.41, 5.74) is -0.778. The van der Waals surface area contributed by atoms with E-state index < -0.39 is 36.1 Å². The Hall–Kier alpha value is -1.79. The molecule has 4 nitrogen and oxygen atoms in total. The smallest absolute Gasteiger partial charge is 0.310 e. The van der Waals surface area contributed by atoms with Gasteiger partial charge in [0.1, 0.15) is 0 Å². The fourth-order valence-electron chi connectivity index (χ4n) is 1.45. The molecule has 0 unspecified atom stereocenters. The van der Waals surface area contributed by atoms with Gasteiger partial charge >= 0.3 is 5.97 Å². The number of aromatic nitrogens is 1. The van der Waals surface area contributed by atoms with E-state index in [9.17, 15) is 18.0 Å². The fourth-order valence-corrected chi connectivity index (χ4v) is 1.45. The van der Waals surface area contributed by atoms with Crippen LogP contribution in [0.3, 0.4) is 0 Å². The van der Waals surface area contributed by atoms with Crippen LogP contribution in [0.25, 0.3) is 0 Å². The summed E-state index contributed by atoms with van der Waals surface area (Å²) in [6.07, 6.45) is -2.68. The van der Waals surface area contributed by atoms with Gasteiger partial charge in [-0.15, -0.1) is 0 Å². The van der Waals surface area contributed by atoms with Crippen molar-refractivity contribution in [3.63, 3.8) is 0 Å². The van der Waals surface area contributed by atoms with Crippen LogP contribution in [0.4, 0.5) is 13.2 Å². The monoisotopic (exact) mass is 263 g/mol. The molecule has 0 bridgehead atoms. The molecule has 0 saturated carbocycles. The highest BCUT2D eigenvalue weighted by molar-refractivity contribution is 5.74. The Kier molecular flexibility index (Phi) is 4.94. The first-order chi connectivity index (χ1) is 8.51. The number of esters is 1. The number of methoxy groups -OCH3 is 1. The van der Waals surface area contributed by atoms with Gasteiger partial charge < -0.3 is 9.47 Å². The van der Waals surface area contributed by atoms with Crippen molar-refractivity contribution in [2.24, 2.45) is 0 Å². The van der Waals surface area contributed by atoms with Crippen molar-refractivity contribution in [2.75, 3.05) is 13.7 Å². The summed E-state index contributed by atoms with van der Waals surface area (Å²) in [7, 11) is 1.12. The van der Waals surface area contributed by atoms with E-state index in [1.807, 2.05) is 0 Å². The van der Waals surface area contributed by atoms with Crippen molar-refractivity contribution >= 4 is 5.97 Å². The van der Waals surface area contributed by atoms with Gasteiger partial charge in [0.25, 0.3) is 12.4 Å². The molecule has 0 aromatic carbocycles. The first-order valence-corrected chi connectivity index (χ1v) is 5.16. The topological polar surface area (TPSA) is 48.4 Å². The van der Waals surface area contributed by atoms with E-state index in [2.05, 4.69) is 14.5 Å². The third-order valence-corrected chi connectivity index (χ3v) is 2.19. The van der Waals surface area contributed by atoms with Crippen LogP contribution < -0.4 is 4.74 Å². The van der Waals surface area contributed by atoms with Crippen molar-refractivity contribution in [1.29, 1.82) is 0 Å². The summed E-state index contributed by atoms with van der Waals surface area (Å²) in [5, 5.41) is 0. The van der Waals surface area contributed by atoms with Gasteiger partial charge in [-0.1, -0.05) is 0 Å². The van der Waals surface area contributed by atoms with Gasteiger partial charge in [-0.2, -0.15) is 4.39 Å². The summed E-state index contributed by atoms with van der Waals surface area (Å²) < 4.78 is 48.1. The molecule has 0 radical (unpaired) electrons. The van der Waals surface area contributed by atoms with Gasteiger partial charge in [0.05, 0.1) is 20.1 Å². The molecular formula is C11H12F3NO3. The zero-order chi connectivity index (χ0) is 13.7. The molecule has 100 valence electrons. The maximum Gasteiger partial charge on any atom is 0.310 e. The lowest BCUT2D eigenvalue weighted by Crippen LogP contribution is -2.12. The van der Waals surface area contributed by atoms with Gasteiger partial charge in [0.2, 0.25) is 0 Å². The third kappa shape index (κ3) is 3.12. The van der Waals surface area contributed by atoms with Crippen LogP contribution in [0.2, 0.25) is 0 Å². The van der Waals surface area contributed by atoms with E-state index in [1.165, 1.54) is 0 Å². The standard InChI is InChI=1S/C11H12F3NO3/c1-3-18-8(16)4-6-7(10(12)13)5-15-11(14)9(6)17-2/h5,10H,3-4H2,1-2H3. The second-order valence-electron chi connectivity index (χ2n) is 3.30. The average Bonchev–Trinajstić information content (AvgIpc) is 2.29. The normalized spacial score (nSPS) is 10.6. The zero-order valence-electron chi connectivity index (χ0n) is 9.87. The van der Waals surface area contributed by atoms with E-state index in [0.717, 1.165) is 7.11 Å². The summed E-state index contributed by atoms with van der Waals surface area (Å²) in [6.45, 7) is 1.69. The third-order valence-electron chi connectivity index (χ3n) is 2.19. The summed E-state index contributed by atoms with van der Waals surface area (Å²) in [4.78, 5) is 14.5. The van der Waals surface area contributed by atoms with Gasteiger partial charge in [0.15, 0.2) is 5.75 Å². The number of hydrogen-bond acceptors (Lipinski definition) is 4. The van der Waals surface area contributed by atoms with Gasteiger partial charge in [-0.25, -0.2) is 13.8 Å². The number of halogens is 3. The van der Waals surface area contributed by atoms with E-state index in [1.54, 1.807) is 6.92 Å². The molecule has 1 heterocycles. The second kappa shape index (κ2) is 6.23. The fraction of sp³-hybridized carbons (Fsp3) is 0.455. The number of rotatable bonds is 5. The SMILES string of the molecule is CCOC(=O)Cc1c(C(F)F)cnc(F)c1OC. The minimum atomic E-state index is -2.88. The molecule has 0 spiro atoms. The first kappa shape index (κ1) is 14.3. The Bertz CT molecular complexity index is 438. The molecule has 0 atom stereocenters. The van der Waals surface area contributed by atoms with Gasteiger partial charge in [-0.3, -0.25) is 4.79 Å². The molecule has 1 aromatic rings. The Labute approximate surface area is 102 Å². The molecule has 1 rings (SSSR count). The number of ether oxygens (including phenoxy) is 2. The van der Waals surface area contributed by atoms with E-state index in [4.69, 9.17) is 0 Å². The molecule has 1 aromatic heterocycles. The van der Waals surface area contributed by atoms with Crippen molar-refractivity contribution in [1.82, 2.24) is 4.98 Å². The Morgan fingerprint density at radius 3 is 2.67 bits per heavy atom. The lowest BCUT2D eigenvalue weighted by Gasteiger charge is -2.12. The lowest BCUT2D eigenvalue weighted by atomic mass is 10.1.